The van der Waals surface area contributed by atoms with Gasteiger partial charge in [0.1, 0.15) is 0 Å². The predicted octanol–water partition coefficient (Wildman–Crippen LogP) is 4.35. The summed E-state index contributed by atoms with van der Waals surface area (Å²) in [5.41, 5.74) is 3.36. The van der Waals surface area contributed by atoms with Gasteiger partial charge in [0.15, 0.2) is 0 Å². The monoisotopic (exact) mass is 340 g/mol. The summed E-state index contributed by atoms with van der Waals surface area (Å²) < 4.78 is 0. The number of nitrogens with zero attached hydrogens (tertiary/aromatic N) is 2. The molecule has 2 heterocycles. The fourth-order valence-electron chi connectivity index (χ4n) is 3.75. The number of benzene rings is 1. The van der Waals surface area contributed by atoms with Gasteiger partial charge < -0.3 is 4.90 Å². The minimum absolute atomic E-state index is 0.173. The van der Waals surface area contributed by atoms with Crippen LogP contribution in [0, 0.1) is 6.92 Å². The fraction of sp³-hybridized carbons (Fsp3) is 0.500. The molecule has 4 rings (SSSR count). The molecule has 126 valence electrons. The Labute approximate surface area is 147 Å². The molecule has 1 saturated heterocycles. The molecule has 1 aromatic carbocycles. The van der Waals surface area contributed by atoms with Crippen molar-refractivity contribution in [3.05, 3.63) is 51.0 Å². The summed E-state index contributed by atoms with van der Waals surface area (Å²) in [4.78, 5) is 21.1. The second-order valence-corrected chi connectivity index (χ2v) is 8.18. The van der Waals surface area contributed by atoms with E-state index in [9.17, 15) is 4.79 Å². The first-order valence-electron chi connectivity index (χ1n) is 9.05. The maximum absolute atomic E-state index is 12.6. The second kappa shape index (κ2) is 6.67. The number of aromatic nitrogens is 1. The summed E-state index contributed by atoms with van der Waals surface area (Å²) in [5, 5.41) is 1.32. The van der Waals surface area contributed by atoms with Gasteiger partial charge in [0.25, 0.3) is 5.91 Å². The van der Waals surface area contributed by atoms with Crippen LogP contribution >= 0.6 is 11.3 Å². The van der Waals surface area contributed by atoms with Gasteiger partial charge in [-0.1, -0.05) is 17.7 Å². The third-order valence-corrected chi connectivity index (χ3v) is 6.61. The zero-order chi connectivity index (χ0) is 16.5. The van der Waals surface area contributed by atoms with Gasteiger partial charge in [-0.2, -0.15) is 0 Å². The Morgan fingerprint density at radius 1 is 1.12 bits per heavy atom. The molecule has 1 aromatic heterocycles. The zero-order valence-corrected chi connectivity index (χ0v) is 15.1. The standard InChI is InChI=1S/C20H24N2OS/c1-14-6-8-16(9-7-14)20(23)22-12-10-15(11-13-22)19-21-17-4-2-3-5-18(17)24-19/h6-9,15H,2-5,10-13H2,1H3. The lowest BCUT2D eigenvalue weighted by molar-refractivity contribution is 0.0713. The molecule has 3 nitrogen and oxygen atoms in total. The van der Waals surface area contributed by atoms with Gasteiger partial charge in [-0.25, -0.2) is 4.98 Å². The molecule has 0 saturated carbocycles. The van der Waals surface area contributed by atoms with Gasteiger partial charge in [0.05, 0.1) is 10.7 Å². The molecule has 24 heavy (non-hydrogen) atoms. The van der Waals surface area contributed by atoms with Crippen LogP contribution in [-0.4, -0.2) is 28.9 Å². The zero-order valence-electron chi connectivity index (χ0n) is 14.3. The topological polar surface area (TPSA) is 33.2 Å². The highest BCUT2D eigenvalue weighted by molar-refractivity contribution is 7.11. The Bertz CT molecular complexity index is 703. The van der Waals surface area contributed by atoms with E-state index in [1.807, 2.05) is 47.4 Å². The number of carbonyl (C=O) groups is 1. The van der Waals surface area contributed by atoms with Crippen LogP contribution < -0.4 is 0 Å². The Morgan fingerprint density at radius 2 is 1.83 bits per heavy atom. The van der Waals surface area contributed by atoms with Crippen molar-refractivity contribution in [1.82, 2.24) is 9.88 Å². The molecule has 2 aliphatic rings. The number of hydrogen-bond donors (Lipinski definition) is 0. The van der Waals surface area contributed by atoms with Crippen LogP contribution in [0.15, 0.2) is 24.3 Å². The van der Waals surface area contributed by atoms with E-state index in [0.29, 0.717) is 5.92 Å². The third-order valence-electron chi connectivity index (χ3n) is 5.29. The van der Waals surface area contributed by atoms with Crippen LogP contribution in [0.1, 0.15) is 63.1 Å². The van der Waals surface area contributed by atoms with Gasteiger partial charge in [-0.3, -0.25) is 4.79 Å². The maximum atomic E-state index is 12.6. The summed E-state index contributed by atoms with van der Waals surface area (Å²) in [5.74, 6) is 0.717. The molecule has 2 aromatic rings. The maximum Gasteiger partial charge on any atom is 0.253 e. The molecule has 0 unspecified atom stereocenters. The second-order valence-electron chi connectivity index (χ2n) is 7.06. The fourth-order valence-corrected chi connectivity index (χ4v) is 5.08. The van der Waals surface area contributed by atoms with Crippen molar-refractivity contribution in [2.24, 2.45) is 0 Å². The van der Waals surface area contributed by atoms with Crippen molar-refractivity contribution in [3.63, 3.8) is 0 Å². The molecule has 1 aliphatic heterocycles. The Hall–Kier alpha value is -1.68. The molecule has 1 amide bonds. The molecule has 0 atom stereocenters. The first kappa shape index (κ1) is 15.8. The number of hydrogen-bond acceptors (Lipinski definition) is 3. The molecular formula is C20H24N2OS. The number of likely N-dealkylation sites (tertiary alicyclic amines) is 1. The quantitative estimate of drug-likeness (QED) is 0.814. The number of piperidine rings is 1. The van der Waals surface area contributed by atoms with E-state index in [2.05, 4.69) is 0 Å². The van der Waals surface area contributed by atoms with Gasteiger partial charge in [0.2, 0.25) is 0 Å². The van der Waals surface area contributed by atoms with E-state index >= 15 is 0 Å². The Morgan fingerprint density at radius 3 is 2.54 bits per heavy atom. The highest BCUT2D eigenvalue weighted by Crippen LogP contribution is 2.35. The molecular weight excluding hydrogens is 316 g/mol. The van der Waals surface area contributed by atoms with Crippen LogP contribution in [0.5, 0.6) is 0 Å². The van der Waals surface area contributed by atoms with Crippen molar-refractivity contribution in [1.29, 1.82) is 0 Å². The van der Waals surface area contributed by atoms with E-state index in [-0.39, 0.29) is 5.91 Å². The molecule has 0 bridgehead atoms. The Kier molecular flexibility index (Phi) is 4.40. The summed E-state index contributed by atoms with van der Waals surface area (Å²) in [6.45, 7) is 3.75. The lowest BCUT2D eigenvalue weighted by Crippen LogP contribution is -2.37. The average Bonchev–Trinajstić information content (AvgIpc) is 3.06. The van der Waals surface area contributed by atoms with Crippen LogP contribution in [0.3, 0.4) is 0 Å². The van der Waals surface area contributed by atoms with Crippen molar-refractivity contribution in [2.45, 2.75) is 51.4 Å². The highest BCUT2D eigenvalue weighted by atomic mass is 32.1. The third kappa shape index (κ3) is 3.12. The number of aryl methyl sites for hydroxylation is 3. The molecule has 4 heteroatoms. The summed E-state index contributed by atoms with van der Waals surface area (Å²) in [7, 11) is 0. The normalized spacial score (nSPS) is 18.5. The van der Waals surface area contributed by atoms with Gasteiger partial charge in [-0.15, -0.1) is 11.3 Å². The number of fused-ring (bicyclic) bond motifs is 1. The first-order valence-corrected chi connectivity index (χ1v) is 9.87. The minimum Gasteiger partial charge on any atom is -0.339 e. The van der Waals surface area contributed by atoms with Crippen molar-refractivity contribution >= 4 is 17.2 Å². The summed E-state index contributed by atoms with van der Waals surface area (Å²) in [6, 6.07) is 7.91. The molecule has 1 fully saturated rings. The summed E-state index contributed by atoms with van der Waals surface area (Å²) in [6.07, 6.45) is 7.08. The van der Waals surface area contributed by atoms with Gasteiger partial charge in [0, 0.05) is 29.4 Å². The Balaban J connectivity index is 1.40. The average molecular weight is 340 g/mol. The van der Waals surface area contributed by atoms with E-state index in [0.717, 1.165) is 37.9 Å². The van der Waals surface area contributed by atoms with E-state index in [1.54, 1.807) is 0 Å². The predicted molar refractivity (Wildman–Crippen MR) is 97.8 cm³/mol. The summed E-state index contributed by atoms with van der Waals surface area (Å²) >= 11 is 1.93. The number of carbonyl (C=O) groups excluding carboxylic acids is 1. The van der Waals surface area contributed by atoms with Gasteiger partial charge in [-0.05, 0) is 57.6 Å². The van der Waals surface area contributed by atoms with E-state index in [4.69, 9.17) is 4.98 Å². The molecule has 0 spiro atoms. The lowest BCUT2D eigenvalue weighted by atomic mass is 9.96. The minimum atomic E-state index is 0.173. The largest absolute Gasteiger partial charge is 0.339 e. The molecule has 0 N–H and O–H groups in total. The lowest BCUT2D eigenvalue weighted by Gasteiger charge is -2.31. The van der Waals surface area contributed by atoms with Crippen LogP contribution in [-0.2, 0) is 12.8 Å². The highest BCUT2D eigenvalue weighted by Gasteiger charge is 2.27. The van der Waals surface area contributed by atoms with Crippen LogP contribution in [0.4, 0.5) is 0 Å². The van der Waals surface area contributed by atoms with Gasteiger partial charge >= 0.3 is 0 Å². The van der Waals surface area contributed by atoms with E-state index < -0.39 is 0 Å². The van der Waals surface area contributed by atoms with Crippen LogP contribution in [0.25, 0.3) is 0 Å². The van der Waals surface area contributed by atoms with Crippen molar-refractivity contribution < 1.29 is 4.79 Å². The van der Waals surface area contributed by atoms with Crippen LogP contribution in [0.2, 0.25) is 0 Å². The van der Waals surface area contributed by atoms with E-state index in [1.165, 1.54) is 40.4 Å². The SMILES string of the molecule is Cc1ccc(C(=O)N2CCC(c3nc4c(s3)CCCC4)CC2)cc1. The molecule has 1 aliphatic carbocycles. The first-order chi connectivity index (χ1) is 11.7. The van der Waals surface area contributed by atoms with Crippen molar-refractivity contribution in [3.8, 4) is 0 Å². The smallest absolute Gasteiger partial charge is 0.253 e. The number of rotatable bonds is 2. The molecule has 0 radical (unpaired) electrons. The van der Waals surface area contributed by atoms with Crippen molar-refractivity contribution in [2.75, 3.05) is 13.1 Å². The number of thiazole rings is 1. The number of amides is 1.